The second-order valence-corrected chi connectivity index (χ2v) is 9.95. The quantitative estimate of drug-likeness (QED) is 0.147. The van der Waals surface area contributed by atoms with Crippen LogP contribution in [0, 0.1) is 11.7 Å². The van der Waals surface area contributed by atoms with E-state index in [1.54, 1.807) is 12.1 Å². The topological polar surface area (TPSA) is 93.1 Å². The highest BCUT2D eigenvalue weighted by atomic mass is 19.1. The van der Waals surface area contributed by atoms with E-state index in [0.717, 1.165) is 37.2 Å². The summed E-state index contributed by atoms with van der Waals surface area (Å²) in [6.45, 7) is 7.91. The second-order valence-electron chi connectivity index (χ2n) is 9.95. The Morgan fingerprint density at radius 1 is 0.895 bits per heavy atom. The molecule has 0 unspecified atom stereocenters. The standard InChI is InChI=1S/C31H37FO6/c1-4-5-6-7-22-8-10-23(11-9-22)24-12-13-28(29(32)16-24)25-14-26(37-30(35)20(2)18-33)17-27(15-25)38-31(36)21(3)19-34/h12-17,22-23,33-34H,2-11,18-19H2,1H3. The van der Waals surface area contributed by atoms with E-state index in [0.29, 0.717) is 11.5 Å². The lowest BCUT2D eigenvalue weighted by molar-refractivity contribution is -0.131. The minimum atomic E-state index is -0.872. The predicted octanol–water partition coefficient (Wildman–Crippen LogP) is 6.25. The molecule has 1 aliphatic rings. The first-order valence-electron chi connectivity index (χ1n) is 13.2. The summed E-state index contributed by atoms with van der Waals surface area (Å²) in [5.74, 6) is -1.15. The number of unbranched alkanes of at least 4 members (excludes halogenated alkanes) is 2. The lowest BCUT2D eigenvalue weighted by Crippen LogP contribution is -2.14. The van der Waals surface area contributed by atoms with Crippen molar-refractivity contribution < 1.29 is 33.7 Å². The van der Waals surface area contributed by atoms with Crippen LogP contribution in [0.2, 0.25) is 0 Å². The highest BCUT2D eigenvalue weighted by Gasteiger charge is 2.23. The summed E-state index contributed by atoms with van der Waals surface area (Å²) in [6, 6.07) is 9.33. The fourth-order valence-electron chi connectivity index (χ4n) is 4.82. The Kier molecular flexibility index (Phi) is 10.8. The van der Waals surface area contributed by atoms with Gasteiger partial charge in [-0.2, -0.15) is 0 Å². The average molecular weight is 525 g/mol. The van der Waals surface area contributed by atoms with E-state index < -0.39 is 31.0 Å². The Morgan fingerprint density at radius 3 is 1.97 bits per heavy atom. The number of benzene rings is 2. The third-order valence-corrected chi connectivity index (χ3v) is 7.10. The molecule has 2 N–H and O–H groups in total. The van der Waals surface area contributed by atoms with Crippen molar-refractivity contribution in [3.63, 3.8) is 0 Å². The Labute approximate surface area is 223 Å². The molecule has 1 aliphatic carbocycles. The van der Waals surface area contributed by atoms with E-state index in [2.05, 4.69) is 20.1 Å². The molecule has 0 aliphatic heterocycles. The van der Waals surface area contributed by atoms with Crippen LogP contribution in [0.1, 0.15) is 69.8 Å². The van der Waals surface area contributed by atoms with Gasteiger partial charge in [-0.1, -0.05) is 57.9 Å². The molecule has 0 atom stereocenters. The van der Waals surface area contributed by atoms with E-state index in [9.17, 15) is 9.59 Å². The third kappa shape index (κ3) is 7.85. The van der Waals surface area contributed by atoms with E-state index in [-0.39, 0.29) is 28.2 Å². The normalized spacial score (nSPS) is 17.1. The Morgan fingerprint density at radius 2 is 1.47 bits per heavy atom. The van der Waals surface area contributed by atoms with Gasteiger partial charge >= 0.3 is 11.9 Å². The summed E-state index contributed by atoms with van der Waals surface area (Å²) in [4.78, 5) is 24.3. The summed E-state index contributed by atoms with van der Waals surface area (Å²) in [6.07, 6.45) is 9.49. The number of aliphatic hydroxyl groups is 2. The minimum absolute atomic E-state index is 0.0237. The zero-order chi connectivity index (χ0) is 27.7. The maximum absolute atomic E-state index is 15.4. The summed E-state index contributed by atoms with van der Waals surface area (Å²) in [7, 11) is 0. The van der Waals surface area contributed by atoms with Crippen LogP contribution in [-0.2, 0) is 9.59 Å². The number of carbonyl (C=O) groups excluding carboxylic acids is 2. The van der Waals surface area contributed by atoms with Crippen molar-refractivity contribution >= 4 is 11.9 Å². The first-order valence-corrected chi connectivity index (χ1v) is 13.2. The molecule has 7 heteroatoms. The zero-order valence-corrected chi connectivity index (χ0v) is 22.0. The molecule has 204 valence electrons. The van der Waals surface area contributed by atoms with Crippen molar-refractivity contribution in [1.29, 1.82) is 0 Å². The lowest BCUT2D eigenvalue weighted by Gasteiger charge is -2.29. The Bertz CT molecular complexity index is 1110. The second kappa shape index (κ2) is 14.0. The largest absolute Gasteiger partial charge is 0.423 e. The smallest absolute Gasteiger partial charge is 0.341 e. The van der Waals surface area contributed by atoms with Crippen LogP contribution in [-0.4, -0.2) is 35.4 Å². The van der Waals surface area contributed by atoms with Gasteiger partial charge in [0.05, 0.1) is 24.4 Å². The molecular formula is C31H37FO6. The average Bonchev–Trinajstić information content (AvgIpc) is 2.92. The van der Waals surface area contributed by atoms with Crippen molar-refractivity contribution in [3.05, 3.63) is 72.1 Å². The van der Waals surface area contributed by atoms with Gasteiger partial charge in [0.2, 0.25) is 0 Å². The number of carbonyl (C=O) groups is 2. The summed E-state index contributed by atoms with van der Waals surface area (Å²) in [5, 5.41) is 18.3. The Balaban J connectivity index is 1.83. The van der Waals surface area contributed by atoms with E-state index in [4.69, 9.17) is 19.7 Å². The number of halogens is 1. The molecule has 0 amide bonds. The number of aliphatic hydroxyl groups excluding tert-OH is 2. The van der Waals surface area contributed by atoms with Gasteiger partial charge in [0.15, 0.2) is 0 Å². The van der Waals surface area contributed by atoms with Crippen LogP contribution >= 0.6 is 0 Å². The molecule has 0 bridgehead atoms. The van der Waals surface area contributed by atoms with Gasteiger partial charge in [0, 0.05) is 11.6 Å². The van der Waals surface area contributed by atoms with Gasteiger partial charge in [-0.05, 0) is 66.8 Å². The molecular weight excluding hydrogens is 487 g/mol. The van der Waals surface area contributed by atoms with Gasteiger partial charge in [-0.25, -0.2) is 14.0 Å². The van der Waals surface area contributed by atoms with Crippen LogP contribution in [0.3, 0.4) is 0 Å². The van der Waals surface area contributed by atoms with Crippen molar-refractivity contribution in [2.45, 2.75) is 64.2 Å². The SMILES string of the molecule is C=C(CO)C(=O)Oc1cc(OC(=O)C(=C)CO)cc(-c2ccc(C3CCC(CCCCC)CC3)cc2F)c1. The van der Waals surface area contributed by atoms with Crippen LogP contribution in [0.25, 0.3) is 11.1 Å². The van der Waals surface area contributed by atoms with Gasteiger partial charge < -0.3 is 19.7 Å². The molecule has 0 radical (unpaired) electrons. The number of hydrogen-bond donors (Lipinski definition) is 2. The van der Waals surface area contributed by atoms with Crippen LogP contribution in [0.5, 0.6) is 11.5 Å². The zero-order valence-electron chi connectivity index (χ0n) is 22.0. The molecule has 0 saturated heterocycles. The first-order chi connectivity index (χ1) is 18.2. The van der Waals surface area contributed by atoms with Crippen molar-refractivity contribution in [2.75, 3.05) is 13.2 Å². The van der Waals surface area contributed by atoms with E-state index in [1.165, 1.54) is 43.9 Å². The molecule has 2 aromatic rings. The predicted molar refractivity (Wildman–Crippen MR) is 144 cm³/mol. The first kappa shape index (κ1) is 29.3. The molecule has 2 aromatic carbocycles. The van der Waals surface area contributed by atoms with E-state index in [1.807, 2.05) is 6.07 Å². The molecule has 1 saturated carbocycles. The van der Waals surface area contributed by atoms with Gasteiger partial charge in [0.25, 0.3) is 0 Å². The van der Waals surface area contributed by atoms with Crippen molar-refractivity contribution in [2.24, 2.45) is 5.92 Å². The minimum Gasteiger partial charge on any atom is -0.423 e. The fraction of sp³-hybridized carbons (Fsp3) is 0.419. The highest BCUT2D eigenvalue weighted by molar-refractivity contribution is 5.91. The maximum Gasteiger partial charge on any atom is 0.341 e. The monoisotopic (exact) mass is 524 g/mol. The van der Waals surface area contributed by atoms with Crippen molar-refractivity contribution in [3.8, 4) is 22.6 Å². The maximum atomic E-state index is 15.4. The van der Waals surface area contributed by atoms with Gasteiger partial charge in [-0.15, -0.1) is 0 Å². The molecule has 0 spiro atoms. The van der Waals surface area contributed by atoms with E-state index >= 15 is 4.39 Å². The fourth-order valence-corrected chi connectivity index (χ4v) is 4.82. The van der Waals surface area contributed by atoms with Gasteiger partial charge in [-0.3, -0.25) is 0 Å². The van der Waals surface area contributed by atoms with Gasteiger partial charge in [0.1, 0.15) is 17.3 Å². The number of hydrogen-bond acceptors (Lipinski definition) is 6. The van der Waals surface area contributed by atoms with Crippen molar-refractivity contribution in [1.82, 2.24) is 0 Å². The number of rotatable bonds is 12. The van der Waals surface area contributed by atoms with Crippen LogP contribution in [0.4, 0.5) is 4.39 Å². The summed E-state index contributed by atoms with van der Waals surface area (Å²) in [5.41, 5.74) is 1.20. The third-order valence-electron chi connectivity index (χ3n) is 7.10. The lowest BCUT2D eigenvalue weighted by atomic mass is 9.77. The number of ether oxygens (including phenoxy) is 2. The molecule has 3 rings (SSSR count). The summed E-state index contributed by atoms with van der Waals surface area (Å²) >= 11 is 0. The number of esters is 2. The molecule has 0 heterocycles. The van der Waals surface area contributed by atoms with Crippen LogP contribution in [0.15, 0.2) is 60.7 Å². The summed E-state index contributed by atoms with van der Waals surface area (Å²) < 4.78 is 25.9. The molecule has 6 nitrogen and oxygen atoms in total. The highest BCUT2D eigenvalue weighted by Crippen LogP contribution is 2.39. The Hall–Kier alpha value is -3.29. The molecule has 1 fully saturated rings. The molecule has 38 heavy (non-hydrogen) atoms. The molecule has 0 aromatic heterocycles. The van der Waals surface area contributed by atoms with Crippen LogP contribution < -0.4 is 9.47 Å².